The maximum absolute atomic E-state index is 14.7. The third kappa shape index (κ3) is 4.98. The minimum atomic E-state index is -0.318. The predicted octanol–water partition coefficient (Wildman–Crippen LogP) is 3.39. The molecule has 0 aromatic heterocycles. The van der Waals surface area contributed by atoms with Gasteiger partial charge in [-0.3, -0.25) is 4.79 Å². The summed E-state index contributed by atoms with van der Waals surface area (Å²) in [7, 11) is 3.03. The highest BCUT2D eigenvalue weighted by Gasteiger charge is 2.24. The molecule has 1 saturated heterocycles. The summed E-state index contributed by atoms with van der Waals surface area (Å²) < 4.78 is 30.9. The zero-order valence-electron chi connectivity index (χ0n) is 17.2. The number of carbonyl (C=O) groups excluding carboxylic acids is 1. The lowest BCUT2D eigenvalue weighted by atomic mass is 10.1. The Hall–Kier alpha value is -2.80. The summed E-state index contributed by atoms with van der Waals surface area (Å²) in [5.41, 5.74) is 1.59. The number of methoxy groups -OCH3 is 2. The van der Waals surface area contributed by atoms with E-state index in [-0.39, 0.29) is 30.5 Å². The minimum Gasteiger partial charge on any atom is -0.497 e. The van der Waals surface area contributed by atoms with E-state index in [1.165, 1.54) is 20.3 Å². The van der Waals surface area contributed by atoms with Crippen LogP contribution in [0.4, 0.5) is 10.1 Å². The summed E-state index contributed by atoms with van der Waals surface area (Å²) >= 11 is 0. The molecule has 29 heavy (non-hydrogen) atoms. The zero-order chi connectivity index (χ0) is 21.0. The van der Waals surface area contributed by atoms with Gasteiger partial charge in [0.25, 0.3) is 5.91 Å². The number of hydrogen-bond donors (Lipinski definition) is 1. The minimum absolute atomic E-state index is 0.0509. The van der Waals surface area contributed by atoms with Gasteiger partial charge in [0.05, 0.1) is 37.7 Å². The van der Waals surface area contributed by atoms with Gasteiger partial charge in [-0.25, -0.2) is 4.39 Å². The Morgan fingerprint density at radius 3 is 2.48 bits per heavy atom. The molecule has 7 heteroatoms. The van der Waals surface area contributed by atoms with Crippen LogP contribution in [-0.4, -0.2) is 45.4 Å². The molecule has 1 N–H and O–H groups in total. The van der Waals surface area contributed by atoms with Crippen molar-refractivity contribution in [3.63, 3.8) is 0 Å². The van der Waals surface area contributed by atoms with Gasteiger partial charge in [0.15, 0.2) is 0 Å². The molecule has 3 rings (SSSR count). The third-order valence-corrected chi connectivity index (χ3v) is 4.88. The Morgan fingerprint density at radius 1 is 1.14 bits per heavy atom. The van der Waals surface area contributed by atoms with Crippen LogP contribution in [0, 0.1) is 5.82 Å². The Morgan fingerprint density at radius 2 is 1.86 bits per heavy atom. The van der Waals surface area contributed by atoms with E-state index >= 15 is 0 Å². The number of carbonyl (C=O) groups is 1. The number of anilines is 1. The van der Waals surface area contributed by atoms with Gasteiger partial charge >= 0.3 is 0 Å². The Bertz CT molecular complexity index is 864. The van der Waals surface area contributed by atoms with Gasteiger partial charge in [-0.1, -0.05) is 6.07 Å². The number of nitrogens with zero attached hydrogens (tertiary/aromatic N) is 1. The number of ether oxygens (including phenoxy) is 3. The van der Waals surface area contributed by atoms with Gasteiger partial charge in [-0.15, -0.1) is 0 Å². The third-order valence-electron chi connectivity index (χ3n) is 4.88. The number of hydrogen-bond acceptors (Lipinski definition) is 5. The summed E-state index contributed by atoms with van der Waals surface area (Å²) in [5, 5.41) is 2.81. The number of nitrogens with one attached hydrogen (secondary N) is 1. The fraction of sp³-hybridized carbons (Fsp3) is 0.409. The van der Waals surface area contributed by atoms with E-state index in [0.717, 1.165) is 0 Å². The molecule has 2 unspecified atom stereocenters. The van der Waals surface area contributed by atoms with Crippen LogP contribution in [0.15, 0.2) is 36.4 Å². The maximum atomic E-state index is 14.7. The van der Waals surface area contributed by atoms with Gasteiger partial charge in [0.1, 0.15) is 17.3 Å². The van der Waals surface area contributed by atoms with Crippen molar-refractivity contribution in [1.29, 1.82) is 0 Å². The lowest BCUT2D eigenvalue weighted by molar-refractivity contribution is -0.00539. The van der Waals surface area contributed by atoms with E-state index in [1.54, 1.807) is 24.3 Å². The fourth-order valence-corrected chi connectivity index (χ4v) is 3.56. The fourth-order valence-electron chi connectivity index (χ4n) is 3.56. The van der Waals surface area contributed by atoms with E-state index in [9.17, 15) is 9.18 Å². The quantitative estimate of drug-likeness (QED) is 0.803. The van der Waals surface area contributed by atoms with E-state index in [4.69, 9.17) is 14.2 Å². The highest BCUT2D eigenvalue weighted by atomic mass is 19.1. The average Bonchev–Trinajstić information content (AvgIpc) is 2.70. The number of benzene rings is 2. The first kappa shape index (κ1) is 20.9. The molecule has 1 amide bonds. The summed E-state index contributed by atoms with van der Waals surface area (Å²) in [6.45, 7) is 5.46. The molecule has 0 spiro atoms. The molecule has 1 aliphatic rings. The molecule has 1 fully saturated rings. The Balaban J connectivity index is 1.69. The smallest absolute Gasteiger partial charge is 0.255 e. The first-order valence-electron chi connectivity index (χ1n) is 9.60. The van der Waals surface area contributed by atoms with Crippen molar-refractivity contribution in [2.75, 3.05) is 32.2 Å². The SMILES string of the molecule is COc1ccc(OC)c(C(=O)NCc2ccc(N3CC(C)OC(C)C3)c(F)c2)c1. The Kier molecular flexibility index (Phi) is 6.59. The molecular formula is C22H27FN2O4. The van der Waals surface area contributed by atoms with Gasteiger partial charge in [0.2, 0.25) is 0 Å². The predicted molar refractivity (Wildman–Crippen MR) is 109 cm³/mol. The van der Waals surface area contributed by atoms with Crippen LogP contribution in [0.25, 0.3) is 0 Å². The molecule has 1 heterocycles. The van der Waals surface area contributed by atoms with Crippen molar-refractivity contribution >= 4 is 11.6 Å². The van der Waals surface area contributed by atoms with E-state index < -0.39 is 0 Å². The van der Waals surface area contributed by atoms with Crippen molar-refractivity contribution in [2.45, 2.75) is 32.6 Å². The van der Waals surface area contributed by atoms with Crippen molar-refractivity contribution in [3.8, 4) is 11.5 Å². The van der Waals surface area contributed by atoms with Crippen molar-refractivity contribution in [1.82, 2.24) is 5.32 Å². The van der Waals surface area contributed by atoms with E-state index in [1.807, 2.05) is 24.8 Å². The van der Waals surface area contributed by atoms with Crippen LogP contribution in [0.1, 0.15) is 29.8 Å². The first-order valence-corrected chi connectivity index (χ1v) is 9.60. The zero-order valence-corrected chi connectivity index (χ0v) is 17.2. The number of halogens is 1. The van der Waals surface area contributed by atoms with Crippen LogP contribution >= 0.6 is 0 Å². The summed E-state index contributed by atoms with van der Waals surface area (Å²) in [4.78, 5) is 14.6. The van der Waals surface area contributed by atoms with Gasteiger partial charge in [-0.05, 0) is 49.7 Å². The number of morpholine rings is 1. The first-order chi connectivity index (χ1) is 13.9. The van der Waals surface area contributed by atoms with Gasteiger partial charge in [0, 0.05) is 19.6 Å². The summed E-state index contributed by atoms with van der Waals surface area (Å²) in [6, 6.07) is 10.0. The monoisotopic (exact) mass is 402 g/mol. The highest BCUT2D eigenvalue weighted by Crippen LogP contribution is 2.26. The van der Waals surface area contributed by atoms with Crippen LogP contribution in [-0.2, 0) is 11.3 Å². The second-order valence-electron chi connectivity index (χ2n) is 7.20. The molecule has 2 aromatic rings. The van der Waals surface area contributed by atoms with Crippen LogP contribution in [0.3, 0.4) is 0 Å². The molecule has 6 nitrogen and oxygen atoms in total. The number of rotatable bonds is 6. The molecule has 1 aliphatic heterocycles. The molecule has 0 saturated carbocycles. The van der Waals surface area contributed by atoms with E-state index in [0.29, 0.717) is 41.4 Å². The highest BCUT2D eigenvalue weighted by molar-refractivity contribution is 5.97. The number of amides is 1. The van der Waals surface area contributed by atoms with E-state index in [2.05, 4.69) is 5.32 Å². The molecule has 0 aliphatic carbocycles. The summed E-state index contributed by atoms with van der Waals surface area (Å²) in [6.07, 6.45) is 0.102. The topological polar surface area (TPSA) is 60.0 Å². The molecule has 2 aromatic carbocycles. The average molecular weight is 402 g/mol. The van der Waals surface area contributed by atoms with Crippen LogP contribution in [0.5, 0.6) is 11.5 Å². The van der Waals surface area contributed by atoms with Gasteiger partial charge in [-0.2, -0.15) is 0 Å². The molecule has 0 bridgehead atoms. The maximum Gasteiger partial charge on any atom is 0.255 e. The molecule has 156 valence electrons. The molecular weight excluding hydrogens is 375 g/mol. The van der Waals surface area contributed by atoms with Crippen LogP contribution in [0.2, 0.25) is 0 Å². The largest absolute Gasteiger partial charge is 0.497 e. The molecule has 0 radical (unpaired) electrons. The molecule has 2 atom stereocenters. The second-order valence-corrected chi connectivity index (χ2v) is 7.20. The van der Waals surface area contributed by atoms with Gasteiger partial charge < -0.3 is 24.4 Å². The Labute approximate surface area is 170 Å². The lowest BCUT2D eigenvalue weighted by Gasteiger charge is -2.37. The van der Waals surface area contributed by atoms with Crippen LogP contribution < -0.4 is 19.7 Å². The van der Waals surface area contributed by atoms with Crippen molar-refractivity contribution in [3.05, 3.63) is 53.3 Å². The normalized spacial score (nSPS) is 19.0. The van der Waals surface area contributed by atoms with Crippen molar-refractivity contribution < 1.29 is 23.4 Å². The standard InChI is InChI=1S/C22H27FN2O4/c1-14-12-25(13-15(2)29-14)20-7-5-16(9-19(20)23)11-24-22(26)18-10-17(27-3)6-8-21(18)28-4/h5-10,14-15H,11-13H2,1-4H3,(H,24,26). The van der Waals surface area contributed by atoms with Crippen molar-refractivity contribution in [2.24, 2.45) is 0 Å². The summed E-state index contributed by atoms with van der Waals surface area (Å²) in [5.74, 6) is 0.374. The lowest BCUT2D eigenvalue weighted by Crippen LogP contribution is -2.45. The second kappa shape index (κ2) is 9.13.